The summed E-state index contributed by atoms with van der Waals surface area (Å²) in [5, 5.41) is 0.0644. The Morgan fingerprint density at radius 3 is 2.71 bits per heavy atom. The van der Waals surface area contributed by atoms with Crippen LogP contribution in [0.5, 0.6) is 0 Å². The Hall–Kier alpha value is -1.22. The Morgan fingerprint density at radius 2 is 2.10 bits per heavy atom. The van der Waals surface area contributed by atoms with Crippen molar-refractivity contribution in [2.45, 2.75) is 4.90 Å². The molecule has 9 heteroatoms. The lowest BCUT2D eigenvalue weighted by Crippen LogP contribution is -2.16. The number of thiocarbonyl (C=S) groups is 1. The summed E-state index contributed by atoms with van der Waals surface area (Å²) in [6, 6.07) is 7.64. The first-order chi connectivity index (χ1) is 9.81. The number of nitrogens with two attached hydrogens (primary N) is 1. The Bertz CT molecular complexity index is 812. The maximum atomic E-state index is 12.4. The van der Waals surface area contributed by atoms with Crippen molar-refractivity contribution in [1.29, 1.82) is 0 Å². The Kier molecular flexibility index (Phi) is 4.82. The smallest absolute Gasteiger partial charge is 0.264 e. The van der Waals surface area contributed by atoms with Gasteiger partial charge in [0.15, 0.2) is 5.82 Å². The molecule has 0 unspecified atom stereocenters. The van der Waals surface area contributed by atoms with Crippen LogP contribution in [-0.2, 0) is 10.0 Å². The molecule has 0 atom stereocenters. The van der Waals surface area contributed by atoms with Crippen LogP contribution in [-0.4, -0.2) is 18.4 Å². The molecule has 1 aromatic heterocycles. The van der Waals surface area contributed by atoms with E-state index in [4.69, 9.17) is 29.6 Å². The van der Waals surface area contributed by atoms with Crippen LogP contribution in [0.2, 0.25) is 5.02 Å². The zero-order valence-electron chi connectivity index (χ0n) is 10.4. The number of halogens is 2. The largest absolute Gasteiger partial charge is 0.389 e. The molecule has 0 aliphatic carbocycles. The first kappa shape index (κ1) is 16.2. The fraction of sp³-hybridized carbons (Fsp3) is 0. The molecule has 2 aromatic rings. The summed E-state index contributed by atoms with van der Waals surface area (Å²) in [6.07, 6.45) is 1.47. The molecule has 0 fully saturated rings. The number of nitrogens with one attached hydrogen (secondary N) is 1. The third-order valence-corrected chi connectivity index (χ3v) is 5.19. The van der Waals surface area contributed by atoms with E-state index in [0.717, 1.165) is 0 Å². The van der Waals surface area contributed by atoms with Crippen molar-refractivity contribution >= 4 is 60.6 Å². The standard InChI is InChI=1S/C12H9BrClN3O2S2/c13-8-2-1-5-16-12(8)17-21(18,19)10-6-7(11(15)20)3-4-9(10)14/h1-6H,(H2,15,20)(H,16,17). The van der Waals surface area contributed by atoms with Gasteiger partial charge in [-0.25, -0.2) is 13.4 Å². The molecule has 0 aliphatic heterocycles. The van der Waals surface area contributed by atoms with E-state index in [1.165, 1.54) is 18.3 Å². The van der Waals surface area contributed by atoms with Crippen LogP contribution in [0.15, 0.2) is 45.9 Å². The van der Waals surface area contributed by atoms with Gasteiger partial charge in [0.1, 0.15) is 9.88 Å². The molecule has 1 heterocycles. The van der Waals surface area contributed by atoms with Gasteiger partial charge in [0.05, 0.1) is 9.50 Å². The van der Waals surface area contributed by atoms with Crippen LogP contribution in [0.25, 0.3) is 0 Å². The van der Waals surface area contributed by atoms with Gasteiger partial charge in [0.25, 0.3) is 10.0 Å². The molecule has 0 amide bonds. The van der Waals surface area contributed by atoms with Crippen LogP contribution < -0.4 is 10.5 Å². The van der Waals surface area contributed by atoms with E-state index in [1.54, 1.807) is 18.2 Å². The molecule has 2 rings (SSSR count). The quantitative estimate of drug-likeness (QED) is 0.763. The Labute approximate surface area is 140 Å². The number of benzene rings is 1. The van der Waals surface area contributed by atoms with Crippen LogP contribution in [0.3, 0.4) is 0 Å². The maximum Gasteiger partial charge on any atom is 0.264 e. The number of sulfonamides is 1. The van der Waals surface area contributed by atoms with E-state index >= 15 is 0 Å². The third kappa shape index (κ3) is 3.70. The normalized spacial score (nSPS) is 11.1. The van der Waals surface area contributed by atoms with Gasteiger partial charge in [0, 0.05) is 11.8 Å². The lowest BCUT2D eigenvalue weighted by Gasteiger charge is -2.11. The molecule has 0 spiro atoms. The van der Waals surface area contributed by atoms with Crippen molar-refractivity contribution in [1.82, 2.24) is 4.98 Å². The van der Waals surface area contributed by atoms with E-state index < -0.39 is 10.0 Å². The molecule has 0 bridgehead atoms. The first-order valence-corrected chi connectivity index (χ1v) is 8.60. The maximum absolute atomic E-state index is 12.4. The molecule has 3 N–H and O–H groups in total. The van der Waals surface area contributed by atoms with Gasteiger partial charge in [-0.05, 0) is 40.2 Å². The van der Waals surface area contributed by atoms with Gasteiger partial charge in [-0.3, -0.25) is 4.72 Å². The van der Waals surface area contributed by atoms with Crippen LogP contribution in [0.1, 0.15) is 5.56 Å². The van der Waals surface area contributed by atoms with E-state index in [9.17, 15) is 8.42 Å². The molecule has 0 radical (unpaired) electrons. The van der Waals surface area contributed by atoms with Crippen molar-refractivity contribution in [2.75, 3.05) is 4.72 Å². The average Bonchev–Trinajstić information content (AvgIpc) is 2.41. The first-order valence-electron chi connectivity index (χ1n) is 5.54. The van der Waals surface area contributed by atoms with Gasteiger partial charge in [-0.15, -0.1) is 0 Å². The lowest BCUT2D eigenvalue weighted by atomic mass is 10.2. The molecule has 0 saturated carbocycles. The highest BCUT2D eigenvalue weighted by molar-refractivity contribution is 9.10. The summed E-state index contributed by atoms with van der Waals surface area (Å²) in [4.78, 5) is 3.91. The number of rotatable bonds is 4. The van der Waals surface area contributed by atoms with E-state index in [0.29, 0.717) is 10.0 Å². The second-order valence-corrected chi connectivity index (χ2v) is 7.30. The molecule has 21 heavy (non-hydrogen) atoms. The average molecular weight is 407 g/mol. The number of anilines is 1. The van der Waals surface area contributed by atoms with Gasteiger partial charge in [-0.1, -0.05) is 29.9 Å². The zero-order valence-corrected chi connectivity index (χ0v) is 14.4. The summed E-state index contributed by atoms with van der Waals surface area (Å²) >= 11 is 14.0. The van der Waals surface area contributed by atoms with Crippen molar-refractivity contribution in [3.05, 3.63) is 51.6 Å². The number of hydrogen-bond donors (Lipinski definition) is 2. The minimum absolute atomic E-state index is 0.0644. The van der Waals surface area contributed by atoms with Gasteiger partial charge in [-0.2, -0.15) is 0 Å². The van der Waals surface area contributed by atoms with E-state index in [-0.39, 0.29) is 20.7 Å². The molecular weight excluding hydrogens is 398 g/mol. The summed E-state index contributed by atoms with van der Waals surface area (Å²) in [6.45, 7) is 0. The number of nitrogens with zero attached hydrogens (tertiary/aromatic N) is 1. The van der Waals surface area contributed by atoms with Crippen molar-refractivity contribution < 1.29 is 8.42 Å². The molecule has 5 nitrogen and oxygen atoms in total. The third-order valence-electron chi connectivity index (χ3n) is 2.49. The summed E-state index contributed by atoms with van der Waals surface area (Å²) in [5.74, 6) is 0.161. The Balaban J connectivity index is 2.47. The molecular formula is C12H9BrClN3O2S2. The fourth-order valence-corrected chi connectivity index (χ4v) is 3.67. The van der Waals surface area contributed by atoms with Crippen LogP contribution in [0, 0.1) is 0 Å². The van der Waals surface area contributed by atoms with E-state index in [2.05, 4.69) is 25.6 Å². The molecule has 0 saturated heterocycles. The number of aromatic nitrogens is 1. The van der Waals surface area contributed by atoms with Gasteiger partial charge < -0.3 is 5.73 Å². The Morgan fingerprint density at radius 1 is 1.38 bits per heavy atom. The summed E-state index contributed by atoms with van der Waals surface area (Å²) in [7, 11) is -3.91. The van der Waals surface area contributed by atoms with Crippen molar-refractivity contribution in [3.8, 4) is 0 Å². The summed E-state index contributed by atoms with van der Waals surface area (Å²) < 4.78 is 27.7. The minimum Gasteiger partial charge on any atom is -0.389 e. The zero-order chi connectivity index (χ0) is 15.6. The predicted octanol–water partition coefficient (Wildman–Crippen LogP) is 2.93. The van der Waals surface area contributed by atoms with Gasteiger partial charge >= 0.3 is 0 Å². The highest BCUT2D eigenvalue weighted by Crippen LogP contribution is 2.27. The lowest BCUT2D eigenvalue weighted by molar-refractivity contribution is 0.601. The monoisotopic (exact) mass is 405 g/mol. The molecule has 1 aromatic carbocycles. The SMILES string of the molecule is NC(=S)c1ccc(Cl)c(S(=O)(=O)Nc2ncccc2Br)c1. The highest BCUT2D eigenvalue weighted by atomic mass is 79.9. The van der Waals surface area contributed by atoms with Crippen molar-refractivity contribution in [2.24, 2.45) is 5.73 Å². The number of hydrogen-bond acceptors (Lipinski definition) is 4. The summed E-state index contributed by atoms with van der Waals surface area (Å²) in [5.41, 5.74) is 5.92. The van der Waals surface area contributed by atoms with E-state index in [1.807, 2.05) is 0 Å². The van der Waals surface area contributed by atoms with Crippen LogP contribution in [0.4, 0.5) is 5.82 Å². The second-order valence-electron chi connectivity index (χ2n) is 3.95. The van der Waals surface area contributed by atoms with Gasteiger partial charge in [0.2, 0.25) is 0 Å². The molecule has 0 aliphatic rings. The fourth-order valence-electron chi connectivity index (χ4n) is 1.51. The predicted molar refractivity (Wildman–Crippen MR) is 90.1 cm³/mol. The number of pyridine rings is 1. The van der Waals surface area contributed by atoms with Crippen LogP contribution >= 0.6 is 39.7 Å². The van der Waals surface area contributed by atoms with Crippen molar-refractivity contribution in [3.63, 3.8) is 0 Å². The topological polar surface area (TPSA) is 85.1 Å². The second kappa shape index (κ2) is 6.27. The highest BCUT2D eigenvalue weighted by Gasteiger charge is 2.20. The minimum atomic E-state index is -3.91. The molecule has 110 valence electrons.